The number of aliphatic hydroxyl groups is 2. The van der Waals surface area contributed by atoms with E-state index in [0.29, 0.717) is 11.1 Å². The molecule has 2 bridgehead atoms. The molecule has 5 aliphatic rings. The second kappa shape index (κ2) is 11.8. The number of methoxy groups -OCH3 is 1. The van der Waals surface area contributed by atoms with E-state index in [0.717, 1.165) is 13.2 Å². The van der Waals surface area contributed by atoms with Gasteiger partial charge in [-0.25, -0.2) is 14.4 Å². The zero-order valence-corrected chi connectivity index (χ0v) is 26.2. The van der Waals surface area contributed by atoms with Crippen molar-refractivity contribution in [3.63, 3.8) is 0 Å². The highest BCUT2D eigenvalue weighted by atomic mass is 16.6. The quantitative estimate of drug-likeness (QED) is 0.141. The number of hydrogen-bond donors (Lipinski definition) is 4. The SMILES string of the molecule is COC(=O)[C@@]12OC[C@]34C([C@@H](O)[C@@H]1O)[C@@]1(C)CC(=O)C(OCC(=O)NCCC(=O)O)=C(C)[C@@H]1C[C@H]3OC(=O)[C@H](OC(=O)C=C(C)C)[C@@H]24. The van der Waals surface area contributed by atoms with Gasteiger partial charge in [0, 0.05) is 30.4 Å². The summed E-state index contributed by atoms with van der Waals surface area (Å²) < 4.78 is 28.3. The molecule has 5 rings (SSSR count). The molecule has 2 saturated carbocycles. The predicted octanol–water partition coefficient (Wildman–Crippen LogP) is -0.433. The monoisotopic (exact) mass is 649 g/mol. The van der Waals surface area contributed by atoms with Gasteiger partial charge < -0.3 is 44.3 Å². The number of carboxylic acids is 1. The van der Waals surface area contributed by atoms with E-state index in [-0.39, 0.29) is 38.2 Å². The number of aliphatic carboxylic acids is 1. The molecule has 4 N–H and O–H groups in total. The van der Waals surface area contributed by atoms with Gasteiger partial charge in [-0.05, 0) is 44.1 Å². The summed E-state index contributed by atoms with van der Waals surface area (Å²) in [5.41, 5.74) is -3.77. The Morgan fingerprint density at radius 3 is 2.46 bits per heavy atom. The maximum absolute atomic E-state index is 13.7. The van der Waals surface area contributed by atoms with Gasteiger partial charge in [0.1, 0.15) is 12.2 Å². The molecule has 0 aromatic rings. The molecule has 0 aromatic heterocycles. The molecular formula is C31H39NO14. The van der Waals surface area contributed by atoms with E-state index in [1.165, 1.54) is 0 Å². The van der Waals surface area contributed by atoms with Crippen LogP contribution in [0.3, 0.4) is 0 Å². The van der Waals surface area contributed by atoms with Gasteiger partial charge >= 0.3 is 23.9 Å². The molecule has 2 aliphatic heterocycles. The van der Waals surface area contributed by atoms with Crippen LogP contribution in [0, 0.1) is 28.6 Å². The summed E-state index contributed by atoms with van der Waals surface area (Å²) in [6.07, 6.45) is -5.56. The van der Waals surface area contributed by atoms with E-state index in [1.807, 2.05) is 0 Å². The van der Waals surface area contributed by atoms with Gasteiger partial charge in [-0.15, -0.1) is 0 Å². The van der Waals surface area contributed by atoms with Crippen molar-refractivity contribution in [3.05, 3.63) is 23.0 Å². The smallest absolute Gasteiger partial charge is 0.348 e. The average Bonchev–Trinajstić information content (AvgIpc) is 3.27. The van der Waals surface area contributed by atoms with E-state index < -0.39 is 101 Å². The second-order valence-electron chi connectivity index (χ2n) is 13.3. The summed E-state index contributed by atoms with van der Waals surface area (Å²) in [6.45, 7) is 5.75. The molecule has 4 fully saturated rings. The number of hydrogen-bond acceptors (Lipinski definition) is 13. The molecular weight excluding hydrogens is 610 g/mol. The number of allylic oxidation sites excluding steroid dienone is 3. The zero-order chi connectivity index (χ0) is 33.9. The Labute approximate surface area is 264 Å². The summed E-state index contributed by atoms with van der Waals surface area (Å²) >= 11 is 0. The van der Waals surface area contributed by atoms with Crippen LogP contribution in [-0.2, 0) is 52.5 Å². The molecule has 15 nitrogen and oxygen atoms in total. The van der Waals surface area contributed by atoms with E-state index in [4.69, 9.17) is 28.8 Å². The molecule has 0 aromatic carbocycles. The lowest BCUT2D eigenvalue weighted by Gasteiger charge is -2.67. The molecule has 1 spiro atoms. The molecule has 252 valence electrons. The number of rotatable bonds is 9. The Kier molecular flexibility index (Phi) is 8.58. The van der Waals surface area contributed by atoms with Crippen LogP contribution < -0.4 is 5.32 Å². The van der Waals surface area contributed by atoms with E-state index >= 15 is 0 Å². The van der Waals surface area contributed by atoms with Gasteiger partial charge in [0.05, 0.1) is 32.2 Å². The normalized spacial score (nSPS) is 38.9. The first kappa shape index (κ1) is 33.5. The summed E-state index contributed by atoms with van der Waals surface area (Å²) in [6, 6.07) is 0. The van der Waals surface area contributed by atoms with Gasteiger partial charge in [0.2, 0.25) is 11.7 Å². The van der Waals surface area contributed by atoms with Gasteiger partial charge in [-0.2, -0.15) is 0 Å². The Hall–Kier alpha value is -3.82. The molecule has 15 heteroatoms. The van der Waals surface area contributed by atoms with Gasteiger partial charge in [-0.3, -0.25) is 14.4 Å². The number of carbonyl (C=O) groups excluding carboxylic acids is 5. The van der Waals surface area contributed by atoms with Crippen LogP contribution in [0.1, 0.15) is 47.0 Å². The predicted molar refractivity (Wildman–Crippen MR) is 151 cm³/mol. The lowest BCUT2D eigenvalue weighted by Crippen LogP contribution is -2.79. The average molecular weight is 650 g/mol. The van der Waals surface area contributed by atoms with Crippen molar-refractivity contribution in [1.29, 1.82) is 0 Å². The topological polar surface area (TPSA) is 221 Å². The Balaban J connectivity index is 1.56. The number of carbonyl (C=O) groups is 6. The fourth-order valence-corrected chi connectivity index (χ4v) is 8.93. The van der Waals surface area contributed by atoms with Gasteiger partial charge in [0.25, 0.3) is 5.91 Å². The third kappa shape index (κ3) is 4.82. The number of aliphatic hydroxyl groups excluding tert-OH is 2. The summed E-state index contributed by atoms with van der Waals surface area (Å²) in [5, 5.41) is 34.7. The molecule has 2 heterocycles. The highest BCUT2D eigenvalue weighted by molar-refractivity contribution is 5.96. The first-order valence-electron chi connectivity index (χ1n) is 15.1. The van der Waals surface area contributed by atoms with Crippen LogP contribution in [0.2, 0.25) is 0 Å². The number of fused-ring (bicyclic) bond motifs is 2. The highest BCUT2D eigenvalue weighted by Gasteiger charge is 2.85. The van der Waals surface area contributed by atoms with Gasteiger partial charge in [-0.1, -0.05) is 12.5 Å². The Morgan fingerprint density at radius 1 is 1.13 bits per heavy atom. The van der Waals surface area contributed by atoms with Crippen LogP contribution in [0.25, 0.3) is 0 Å². The van der Waals surface area contributed by atoms with Crippen molar-refractivity contribution in [3.8, 4) is 0 Å². The molecule has 1 amide bonds. The van der Waals surface area contributed by atoms with Crippen molar-refractivity contribution in [1.82, 2.24) is 5.32 Å². The number of amides is 1. The van der Waals surface area contributed by atoms with E-state index in [1.54, 1.807) is 27.7 Å². The number of esters is 3. The third-order valence-corrected chi connectivity index (χ3v) is 10.5. The van der Waals surface area contributed by atoms with Crippen molar-refractivity contribution in [2.75, 3.05) is 26.9 Å². The number of carboxylic acid groups (broad SMARTS) is 1. The van der Waals surface area contributed by atoms with Crippen molar-refractivity contribution in [2.24, 2.45) is 28.6 Å². The van der Waals surface area contributed by atoms with Crippen LogP contribution in [-0.4, -0.2) is 108 Å². The minimum absolute atomic E-state index is 0.0727. The van der Waals surface area contributed by atoms with Crippen LogP contribution in [0.4, 0.5) is 0 Å². The van der Waals surface area contributed by atoms with Gasteiger partial charge in [0.15, 0.2) is 18.1 Å². The number of ketones is 1. The summed E-state index contributed by atoms with van der Waals surface area (Å²) in [4.78, 5) is 76.6. The molecule has 10 atom stereocenters. The van der Waals surface area contributed by atoms with Crippen molar-refractivity contribution >= 4 is 35.6 Å². The number of Topliss-reactive ketones (excluding diaryl/α,β-unsaturated/α-hetero) is 1. The Bertz CT molecular complexity index is 1430. The first-order chi connectivity index (χ1) is 21.6. The van der Waals surface area contributed by atoms with Crippen molar-refractivity contribution < 1.29 is 67.8 Å². The minimum atomic E-state index is -2.28. The van der Waals surface area contributed by atoms with E-state index in [9.17, 15) is 39.0 Å². The van der Waals surface area contributed by atoms with Crippen LogP contribution >= 0.6 is 0 Å². The highest BCUT2D eigenvalue weighted by Crippen LogP contribution is 2.72. The summed E-state index contributed by atoms with van der Waals surface area (Å²) in [5.74, 6) is -8.09. The summed E-state index contributed by atoms with van der Waals surface area (Å²) in [7, 11) is 1.07. The largest absolute Gasteiger partial charge is 0.481 e. The second-order valence-corrected chi connectivity index (χ2v) is 13.3. The minimum Gasteiger partial charge on any atom is -0.481 e. The standard InChI is InChI=1S/C31H39NO14/c1-13(2)8-20(37)46-23-25-30-12-44-31(25,28(41)42-5)26(39)21(38)24(30)29(4)10-16(33)22(43-11-18(34)32-7-6-19(35)36)14(3)15(29)9-17(30)45-27(23)40/h8,15,17,21,23-26,38-39H,6-7,9-12H2,1-5H3,(H,32,34)(H,35,36)/t15-,17+,21+,23+,24?,25+,26-,29-,30+,31-/m0/s1. The number of ether oxygens (including phenoxy) is 5. The maximum Gasteiger partial charge on any atom is 0.348 e. The fourth-order valence-electron chi connectivity index (χ4n) is 8.93. The van der Waals surface area contributed by atoms with Crippen LogP contribution in [0.15, 0.2) is 23.0 Å². The van der Waals surface area contributed by atoms with Crippen molar-refractivity contribution in [2.45, 2.75) is 77.0 Å². The fraction of sp³-hybridized carbons (Fsp3) is 0.677. The van der Waals surface area contributed by atoms with E-state index in [2.05, 4.69) is 5.32 Å². The number of nitrogens with one attached hydrogen (secondary N) is 1. The molecule has 3 aliphatic carbocycles. The zero-order valence-electron chi connectivity index (χ0n) is 26.2. The molecule has 2 saturated heterocycles. The molecule has 0 radical (unpaired) electrons. The lowest BCUT2D eigenvalue weighted by molar-refractivity contribution is -0.290. The molecule has 46 heavy (non-hydrogen) atoms. The van der Waals surface area contributed by atoms with Crippen LogP contribution in [0.5, 0.6) is 0 Å². The first-order valence-corrected chi connectivity index (χ1v) is 15.1. The lowest BCUT2D eigenvalue weighted by atomic mass is 9.38. The molecule has 1 unspecified atom stereocenters. The Morgan fingerprint density at radius 2 is 1.83 bits per heavy atom. The maximum atomic E-state index is 13.7. The third-order valence-electron chi connectivity index (χ3n) is 10.5.